The number of hydrogen-bond acceptors (Lipinski definition) is 6. The van der Waals surface area contributed by atoms with Crippen molar-refractivity contribution >= 4 is 11.7 Å². The van der Waals surface area contributed by atoms with E-state index in [1.54, 1.807) is 30.7 Å². The predicted molar refractivity (Wildman–Crippen MR) is 110 cm³/mol. The zero-order valence-electron chi connectivity index (χ0n) is 16.3. The van der Waals surface area contributed by atoms with Crippen LogP contribution < -0.4 is 10.5 Å². The maximum absolute atomic E-state index is 13.0. The molecule has 0 saturated carbocycles. The molecule has 0 unspecified atom stereocenters. The summed E-state index contributed by atoms with van der Waals surface area (Å²) in [7, 11) is 0. The molecule has 0 bridgehead atoms. The van der Waals surface area contributed by atoms with Gasteiger partial charge in [0.15, 0.2) is 0 Å². The smallest absolute Gasteiger partial charge is 0.257 e. The lowest BCUT2D eigenvalue weighted by atomic mass is 9.94. The molecule has 1 aromatic carbocycles. The van der Waals surface area contributed by atoms with Gasteiger partial charge in [0.05, 0.1) is 5.56 Å². The lowest BCUT2D eigenvalue weighted by molar-refractivity contribution is 0.0705. The highest BCUT2D eigenvalue weighted by molar-refractivity contribution is 5.98. The van der Waals surface area contributed by atoms with E-state index >= 15 is 0 Å². The number of anilines is 1. The van der Waals surface area contributed by atoms with E-state index < -0.39 is 0 Å². The number of likely N-dealkylation sites (tertiary alicyclic amines) is 1. The molecule has 4 rings (SSSR count). The van der Waals surface area contributed by atoms with Crippen LogP contribution in [0.1, 0.15) is 40.4 Å². The first-order valence-corrected chi connectivity index (χ1v) is 9.67. The van der Waals surface area contributed by atoms with Crippen molar-refractivity contribution in [2.75, 3.05) is 18.8 Å². The molecular formula is C22H23N5O2. The number of amides is 1. The molecule has 7 heteroatoms. The average molecular weight is 389 g/mol. The largest absolute Gasteiger partial charge is 0.437 e. The fourth-order valence-corrected chi connectivity index (χ4v) is 3.62. The molecule has 2 aromatic heterocycles. The van der Waals surface area contributed by atoms with E-state index in [0.717, 1.165) is 29.8 Å². The highest BCUT2D eigenvalue weighted by Crippen LogP contribution is 2.34. The Morgan fingerprint density at radius 2 is 1.93 bits per heavy atom. The number of aryl methyl sites for hydroxylation is 1. The van der Waals surface area contributed by atoms with Crippen molar-refractivity contribution in [2.45, 2.75) is 25.7 Å². The fourth-order valence-electron chi connectivity index (χ4n) is 3.62. The Hall–Kier alpha value is -3.48. The van der Waals surface area contributed by atoms with Gasteiger partial charge in [0, 0.05) is 37.6 Å². The molecule has 29 heavy (non-hydrogen) atoms. The third kappa shape index (κ3) is 4.03. The van der Waals surface area contributed by atoms with Gasteiger partial charge in [-0.25, -0.2) is 9.97 Å². The maximum Gasteiger partial charge on any atom is 0.257 e. The van der Waals surface area contributed by atoms with E-state index in [9.17, 15) is 4.79 Å². The Kier molecular flexibility index (Phi) is 5.37. The number of aromatic nitrogens is 3. The average Bonchev–Trinajstić information content (AvgIpc) is 2.76. The summed E-state index contributed by atoms with van der Waals surface area (Å²) in [6, 6.07) is 11.2. The van der Waals surface area contributed by atoms with Crippen molar-refractivity contribution in [1.29, 1.82) is 0 Å². The number of piperidine rings is 1. The zero-order chi connectivity index (χ0) is 20.2. The standard InChI is InChI=1S/C22H23N5O2/c1-15-6-2-3-9-18(15)29-21-19(24-11-12-26-21)16-7-5-13-27(14-16)22(28)17-8-4-10-25-20(17)23/h2-4,6,8-12,16H,5,7,13-14H2,1H3,(H2,23,25)/t16-/m0/s1. The molecule has 1 aliphatic heterocycles. The van der Waals surface area contributed by atoms with Crippen LogP contribution in [0, 0.1) is 6.92 Å². The number of carbonyl (C=O) groups is 1. The summed E-state index contributed by atoms with van der Waals surface area (Å²) in [5.74, 6) is 1.43. The second kappa shape index (κ2) is 8.26. The molecule has 3 heterocycles. The molecule has 1 saturated heterocycles. The first-order valence-electron chi connectivity index (χ1n) is 9.67. The van der Waals surface area contributed by atoms with Crippen LogP contribution in [0.2, 0.25) is 0 Å². The van der Waals surface area contributed by atoms with Crippen LogP contribution in [0.25, 0.3) is 0 Å². The molecule has 2 N–H and O–H groups in total. The van der Waals surface area contributed by atoms with Gasteiger partial charge < -0.3 is 15.4 Å². The second-order valence-corrected chi connectivity index (χ2v) is 7.14. The maximum atomic E-state index is 13.0. The first-order chi connectivity index (χ1) is 14.1. The Labute approximate surface area is 169 Å². The van der Waals surface area contributed by atoms with E-state index in [2.05, 4.69) is 15.0 Å². The van der Waals surface area contributed by atoms with Gasteiger partial charge in [-0.05, 0) is 43.5 Å². The van der Waals surface area contributed by atoms with E-state index in [4.69, 9.17) is 10.5 Å². The van der Waals surface area contributed by atoms with Crippen LogP contribution in [0.15, 0.2) is 55.0 Å². The Bertz CT molecular complexity index is 1020. The Morgan fingerprint density at radius 3 is 2.76 bits per heavy atom. The van der Waals surface area contributed by atoms with Gasteiger partial charge in [-0.3, -0.25) is 9.78 Å². The quantitative estimate of drug-likeness (QED) is 0.733. The lowest BCUT2D eigenvalue weighted by Gasteiger charge is -2.33. The molecule has 1 atom stereocenters. The number of rotatable bonds is 4. The van der Waals surface area contributed by atoms with Gasteiger partial charge in [0.1, 0.15) is 17.3 Å². The second-order valence-electron chi connectivity index (χ2n) is 7.14. The number of nitrogen functional groups attached to an aromatic ring is 1. The molecule has 0 spiro atoms. The Balaban J connectivity index is 1.57. The van der Waals surface area contributed by atoms with Gasteiger partial charge in [-0.1, -0.05) is 18.2 Å². The van der Waals surface area contributed by atoms with Crippen LogP contribution in [0.5, 0.6) is 11.6 Å². The van der Waals surface area contributed by atoms with Crippen LogP contribution >= 0.6 is 0 Å². The van der Waals surface area contributed by atoms with Crippen molar-refractivity contribution in [3.05, 3.63) is 71.8 Å². The summed E-state index contributed by atoms with van der Waals surface area (Å²) in [4.78, 5) is 27.8. The fraction of sp³-hybridized carbons (Fsp3) is 0.273. The van der Waals surface area contributed by atoms with Gasteiger partial charge in [0.25, 0.3) is 5.91 Å². The summed E-state index contributed by atoms with van der Waals surface area (Å²) in [6.07, 6.45) is 6.66. The van der Waals surface area contributed by atoms with Crippen molar-refractivity contribution in [2.24, 2.45) is 0 Å². The minimum absolute atomic E-state index is 0.0401. The van der Waals surface area contributed by atoms with Crippen LogP contribution in [-0.2, 0) is 0 Å². The minimum atomic E-state index is -0.106. The first kappa shape index (κ1) is 18.9. The highest BCUT2D eigenvalue weighted by atomic mass is 16.5. The van der Waals surface area contributed by atoms with Crippen molar-refractivity contribution in [3.63, 3.8) is 0 Å². The lowest BCUT2D eigenvalue weighted by Crippen LogP contribution is -2.39. The summed E-state index contributed by atoms with van der Waals surface area (Å²) in [5.41, 5.74) is 8.13. The number of para-hydroxylation sites is 1. The van der Waals surface area contributed by atoms with Gasteiger partial charge >= 0.3 is 0 Å². The molecule has 0 aliphatic carbocycles. The molecule has 1 amide bonds. The number of nitrogens with zero attached hydrogens (tertiary/aromatic N) is 4. The minimum Gasteiger partial charge on any atom is -0.437 e. The van der Waals surface area contributed by atoms with Crippen LogP contribution in [-0.4, -0.2) is 38.8 Å². The molecule has 3 aromatic rings. The predicted octanol–water partition coefficient (Wildman–Crippen LogP) is 3.57. The third-order valence-electron chi connectivity index (χ3n) is 5.16. The summed E-state index contributed by atoms with van der Waals surface area (Å²) < 4.78 is 6.09. The van der Waals surface area contributed by atoms with Crippen molar-refractivity contribution in [3.8, 4) is 11.6 Å². The number of carbonyl (C=O) groups excluding carboxylic acids is 1. The van der Waals surface area contributed by atoms with E-state index in [-0.39, 0.29) is 17.6 Å². The molecular weight excluding hydrogens is 366 g/mol. The molecule has 1 aliphatic rings. The number of ether oxygens (including phenoxy) is 1. The number of hydrogen-bond donors (Lipinski definition) is 1. The van der Waals surface area contributed by atoms with Gasteiger partial charge in [-0.2, -0.15) is 0 Å². The summed E-state index contributed by atoms with van der Waals surface area (Å²) in [6.45, 7) is 3.21. The number of nitrogens with two attached hydrogens (primary N) is 1. The molecule has 1 fully saturated rings. The normalized spacial score (nSPS) is 16.4. The zero-order valence-corrected chi connectivity index (χ0v) is 16.3. The van der Waals surface area contributed by atoms with Crippen LogP contribution in [0.4, 0.5) is 5.82 Å². The molecule has 148 valence electrons. The summed E-state index contributed by atoms with van der Waals surface area (Å²) >= 11 is 0. The molecule has 0 radical (unpaired) electrons. The number of benzene rings is 1. The summed E-state index contributed by atoms with van der Waals surface area (Å²) in [5, 5.41) is 0. The van der Waals surface area contributed by atoms with Gasteiger partial charge in [0.2, 0.25) is 5.88 Å². The number of pyridine rings is 1. The van der Waals surface area contributed by atoms with E-state index in [1.807, 2.05) is 36.1 Å². The highest BCUT2D eigenvalue weighted by Gasteiger charge is 2.29. The third-order valence-corrected chi connectivity index (χ3v) is 5.16. The molecule has 7 nitrogen and oxygen atoms in total. The van der Waals surface area contributed by atoms with E-state index in [1.165, 1.54) is 0 Å². The topological polar surface area (TPSA) is 94.2 Å². The van der Waals surface area contributed by atoms with Crippen molar-refractivity contribution in [1.82, 2.24) is 19.9 Å². The monoisotopic (exact) mass is 389 g/mol. The van der Waals surface area contributed by atoms with Crippen LogP contribution in [0.3, 0.4) is 0 Å². The Morgan fingerprint density at radius 1 is 1.10 bits per heavy atom. The SMILES string of the molecule is Cc1ccccc1Oc1nccnc1[C@H]1CCCN(C(=O)c2cccnc2N)C1. The van der Waals surface area contributed by atoms with Crippen molar-refractivity contribution < 1.29 is 9.53 Å². The van der Waals surface area contributed by atoms with Gasteiger partial charge in [-0.15, -0.1) is 0 Å². The van der Waals surface area contributed by atoms with E-state index in [0.29, 0.717) is 24.5 Å².